The van der Waals surface area contributed by atoms with E-state index in [1.165, 1.54) is 25.7 Å². The third-order valence-corrected chi connectivity index (χ3v) is 10.4. The highest BCUT2D eigenvalue weighted by atomic mass is 79.9. The Kier molecular flexibility index (Phi) is 3.11. The average molecular weight is 277 g/mol. The molecule has 0 radical (unpaired) electrons. The van der Waals surface area contributed by atoms with Gasteiger partial charge in [-0.25, -0.2) is 0 Å². The normalized spacial score (nSPS) is 39.9. The standard InChI is InChI=1S/C11H21BrOSi/c1-14(2,3)11(12)10-7-8-5-4-6-9(8)13-10/h8-11H,4-7H2,1-3H3/t8-,9+,10-,11+/m1/s1. The molecule has 0 aromatic heterocycles. The Morgan fingerprint density at radius 3 is 2.57 bits per heavy atom. The van der Waals surface area contributed by atoms with E-state index in [1.54, 1.807) is 0 Å². The minimum Gasteiger partial charge on any atom is -0.374 e. The zero-order chi connectivity index (χ0) is 10.3. The molecule has 0 spiro atoms. The van der Waals surface area contributed by atoms with Gasteiger partial charge in [0.05, 0.1) is 20.3 Å². The highest BCUT2D eigenvalue weighted by molar-refractivity contribution is 9.10. The van der Waals surface area contributed by atoms with Gasteiger partial charge in [-0.05, 0) is 25.2 Å². The van der Waals surface area contributed by atoms with Crippen LogP contribution in [-0.4, -0.2) is 24.7 Å². The number of rotatable bonds is 2. The molecule has 14 heavy (non-hydrogen) atoms. The number of hydrogen-bond donors (Lipinski definition) is 0. The molecule has 1 saturated carbocycles. The van der Waals surface area contributed by atoms with Crippen LogP contribution in [0.15, 0.2) is 0 Å². The van der Waals surface area contributed by atoms with Crippen LogP contribution in [0.2, 0.25) is 19.6 Å². The molecule has 0 aromatic carbocycles. The van der Waals surface area contributed by atoms with Gasteiger partial charge in [-0.15, -0.1) is 0 Å². The van der Waals surface area contributed by atoms with Crippen molar-refractivity contribution >= 4 is 24.0 Å². The van der Waals surface area contributed by atoms with Crippen molar-refractivity contribution < 1.29 is 4.74 Å². The van der Waals surface area contributed by atoms with Gasteiger partial charge >= 0.3 is 0 Å². The van der Waals surface area contributed by atoms with Crippen LogP contribution in [0.5, 0.6) is 0 Å². The second kappa shape index (κ2) is 3.91. The monoisotopic (exact) mass is 276 g/mol. The molecular weight excluding hydrogens is 256 g/mol. The van der Waals surface area contributed by atoms with Gasteiger partial charge in [-0.3, -0.25) is 0 Å². The molecule has 2 fully saturated rings. The van der Waals surface area contributed by atoms with Gasteiger partial charge < -0.3 is 4.74 Å². The fourth-order valence-electron chi connectivity index (χ4n) is 2.78. The third-order valence-electron chi connectivity index (χ3n) is 3.63. The summed E-state index contributed by atoms with van der Waals surface area (Å²) in [5.74, 6) is 0.886. The Morgan fingerprint density at radius 1 is 1.29 bits per heavy atom. The molecule has 1 aliphatic heterocycles. The van der Waals surface area contributed by atoms with E-state index in [0.717, 1.165) is 5.92 Å². The van der Waals surface area contributed by atoms with Crippen molar-refractivity contribution in [1.82, 2.24) is 0 Å². The highest BCUT2D eigenvalue weighted by Crippen LogP contribution is 2.42. The summed E-state index contributed by atoms with van der Waals surface area (Å²) in [5, 5.41) is 0. The highest BCUT2D eigenvalue weighted by Gasteiger charge is 2.43. The van der Waals surface area contributed by atoms with Gasteiger partial charge in [0.1, 0.15) is 0 Å². The molecule has 0 amide bonds. The molecule has 1 nitrogen and oxygen atoms in total. The van der Waals surface area contributed by atoms with Crippen LogP contribution in [0, 0.1) is 5.92 Å². The lowest BCUT2D eigenvalue weighted by atomic mass is 10.0. The fraction of sp³-hybridized carbons (Fsp3) is 1.00. The Labute approximate surface area is 96.7 Å². The van der Waals surface area contributed by atoms with Crippen LogP contribution in [0.3, 0.4) is 0 Å². The van der Waals surface area contributed by atoms with Gasteiger partial charge in [0.25, 0.3) is 0 Å². The van der Waals surface area contributed by atoms with Crippen LogP contribution in [0.25, 0.3) is 0 Å². The Balaban J connectivity index is 1.96. The topological polar surface area (TPSA) is 9.23 Å². The van der Waals surface area contributed by atoms with Gasteiger partial charge in [-0.1, -0.05) is 42.0 Å². The van der Waals surface area contributed by atoms with E-state index in [0.29, 0.717) is 16.7 Å². The molecular formula is C11H21BrOSi. The Bertz CT molecular complexity index is 202. The van der Waals surface area contributed by atoms with Gasteiger partial charge in [0.15, 0.2) is 0 Å². The maximum Gasteiger partial charge on any atom is 0.0682 e. The van der Waals surface area contributed by atoms with E-state index >= 15 is 0 Å². The zero-order valence-electron chi connectivity index (χ0n) is 9.42. The van der Waals surface area contributed by atoms with Gasteiger partial charge in [0.2, 0.25) is 0 Å². The number of alkyl halides is 1. The second-order valence-corrected chi connectivity index (χ2v) is 13.1. The lowest BCUT2D eigenvalue weighted by Crippen LogP contribution is -2.42. The zero-order valence-corrected chi connectivity index (χ0v) is 12.0. The molecule has 1 aliphatic carbocycles. The third kappa shape index (κ3) is 2.09. The number of ether oxygens (including phenoxy) is 1. The summed E-state index contributed by atoms with van der Waals surface area (Å²) in [6.07, 6.45) is 6.54. The van der Waals surface area contributed by atoms with Crippen molar-refractivity contribution in [1.29, 1.82) is 0 Å². The molecule has 1 saturated heterocycles. The molecule has 0 N–H and O–H groups in total. The smallest absolute Gasteiger partial charge is 0.0682 e. The molecule has 4 atom stereocenters. The van der Waals surface area contributed by atoms with Crippen LogP contribution in [-0.2, 0) is 4.74 Å². The van der Waals surface area contributed by atoms with E-state index in [-0.39, 0.29) is 0 Å². The molecule has 3 heteroatoms. The van der Waals surface area contributed by atoms with Crippen LogP contribution in [0.4, 0.5) is 0 Å². The van der Waals surface area contributed by atoms with E-state index in [1.807, 2.05) is 0 Å². The van der Waals surface area contributed by atoms with Crippen molar-refractivity contribution in [2.45, 2.75) is 62.0 Å². The number of fused-ring (bicyclic) bond motifs is 1. The summed E-state index contributed by atoms with van der Waals surface area (Å²) in [5.41, 5.74) is 0. The molecule has 2 rings (SSSR count). The molecule has 82 valence electrons. The van der Waals surface area contributed by atoms with Gasteiger partial charge in [-0.2, -0.15) is 0 Å². The quantitative estimate of drug-likeness (QED) is 0.553. The lowest BCUT2D eigenvalue weighted by molar-refractivity contribution is 0.0487. The van der Waals surface area contributed by atoms with E-state index in [4.69, 9.17) is 4.74 Å². The minimum absolute atomic E-state index is 0.511. The maximum atomic E-state index is 6.16. The number of halogens is 1. The van der Waals surface area contributed by atoms with Crippen LogP contribution >= 0.6 is 15.9 Å². The minimum atomic E-state index is -1.08. The van der Waals surface area contributed by atoms with Crippen LogP contribution in [0.1, 0.15) is 25.7 Å². The predicted molar refractivity (Wildman–Crippen MR) is 66.7 cm³/mol. The second-order valence-electron chi connectivity index (χ2n) is 5.91. The Hall–Kier alpha value is 0.657. The average Bonchev–Trinajstić information content (AvgIpc) is 2.58. The van der Waals surface area contributed by atoms with Crippen molar-refractivity contribution in [3.63, 3.8) is 0 Å². The lowest BCUT2D eigenvalue weighted by Gasteiger charge is -2.29. The summed E-state index contributed by atoms with van der Waals surface area (Å²) in [7, 11) is -1.08. The summed E-state index contributed by atoms with van der Waals surface area (Å²) >= 11 is 3.87. The molecule has 0 unspecified atom stereocenters. The molecule has 0 bridgehead atoms. The largest absolute Gasteiger partial charge is 0.374 e. The van der Waals surface area contributed by atoms with Crippen molar-refractivity contribution in [3.05, 3.63) is 0 Å². The Morgan fingerprint density at radius 2 is 2.00 bits per heavy atom. The number of hydrogen-bond acceptors (Lipinski definition) is 1. The molecule has 2 aliphatic rings. The predicted octanol–water partition coefficient (Wildman–Crippen LogP) is 3.58. The first kappa shape index (κ1) is 11.2. The van der Waals surface area contributed by atoms with Crippen LogP contribution < -0.4 is 0 Å². The first-order chi connectivity index (χ1) is 6.48. The summed E-state index contributed by atoms with van der Waals surface area (Å²) in [6, 6.07) is 0. The van der Waals surface area contributed by atoms with Crippen molar-refractivity contribution in [2.75, 3.05) is 0 Å². The maximum absolute atomic E-state index is 6.16. The fourth-order valence-corrected chi connectivity index (χ4v) is 4.45. The van der Waals surface area contributed by atoms with E-state index in [9.17, 15) is 0 Å². The summed E-state index contributed by atoms with van der Waals surface area (Å²) in [6.45, 7) is 7.26. The van der Waals surface area contributed by atoms with Crippen molar-refractivity contribution in [3.8, 4) is 0 Å². The van der Waals surface area contributed by atoms with Crippen molar-refractivity contribution in [2.24, 2.45) is 5.92 Å². The molecule has 0 aromatic rings. The van der Waals surface area contributed by atoms with E-state index in [2.05, 4.69) is 35.6 Å². The molecule has 1 heterocycles. The van der Waals surface area contributed by atoms with Gasteiger partial charge in [0, 0.05) is 4.45 Å². The summed E-state index contributed by atoms with van der Waals surface area (Å²) in [4.78, 5) is 0. The first-order valence-electron chi connectivity index (χ1n) is 5.78. The van der Waals surface area contributed by atoms with E-state index < -0.39 is 8.07 Å². The first-order valence-corrected chi connectivity index (χ1v) is 10.3. The summed E-state index contributed by atoms with van der Waals surface area (Å²) < 4.78 is 6.80. The SMILES string of the molecule is C[Si](C)(C)[C@H](Br)[C@H]1C[C@H]2CCC[C@@H]2O1.